The Bertz CT molecular complexity index is 1270. The Morgan fingerprint density at radius 1 is 0.854 bits per heavy atom. The molecule has 2 aromatic carbocycles. The van der Waals surface area contributed by atoms with Crippen LogP contribution in [0.1, 0.15) is 69.1 Å². The lowest BCUT2D eigenvalue weighted by Crippen LogP contribution is -2.30. The molecule has 4 rings (SSSR count). The van der Waals surface area contributed by atoms with E-state index in [1.807, 2.05) is 52.2 Å². The Kier molecular flexibility index (Phi) is 14.7. The summed E-state index contributed by atoms with van der Waals surface area (Å²) in [5, 5.41) is 16.8. The summed E-state index contributed by atoms with van der Waals surface area (Å²) in [5.41, 5.74) is 5.42. The van der Waals surface area contributed by atoms with Crippen LogP contribution >= 0.6 is 15.9 Å². The number of unbranched alkanes of at least 4 members (excludes halogenated alkanes) is 2. The molecule has 0 aliphatic carbocycles. The molecular formula is C34H43BrN2O4. The third kappa shape index (κ3) is 10.3. The molecule has 41 heavy (non-hydrogen) atoms. The van der Waals surface area contributed by atoms with Crippen LogP contribution in [0.25, 0.3) is 0 Å². The van der Waals surface area contributed by atoms with Gasteiger partial charge in [0.1, 0.15) is 0 Å². The SMILES string of the molecule is C#CCCCO.C[C@H]1CCc2ccc(Br)cc2N(C)C1=O.C[C@H]1CCc2ccc(C#CCCCO)cc2N(C)C1=O. The number of aliphatic hydroxyl groups excluding tert-OH is 2. The number of anilines is 2. The van der Waals surface area contributed by atoms with Gasteiger partial charge < -0.3 is 20.0 Å². The highest BCUT2D eigenvalue weighted by Crippen LogP contribution is 2.31. The van der Waals surface area contributed by atoms with Gasteiger partial charge in [0, 0.05) is 73.4 Å². The standard InChI is InChI=1S/C17H21NO2.C12H14BrNO.C5H8O/c1-13-7-9-15-10-8-14(6-4-3-5-11-19)12-16(15)18(2)17(13)20;1-8-3-4-9-5-6-10(13)7-11(9)14(2)12(8)15;1-2-3-4-5-6/h8,10,12-13,19H,3,5,7,9,11H2,1-2H3;5-8H,3-4H2,1-2H3;1,6H,3-5H2/t13-;8-;/m00./s1. The first-order valence-electron chi connectivity index (χ1n) is 14.2. The number of rotatable bonds is 4. The number of hydrogen-bond donors (Lipinski definition) is 2. The van der Waals surface area contributed by atoms with Gasteiger partial charge in [-0.3, -0.25) is 9.59 Å². The third-order valence-corrected chi connectivity index (χ3v) is 7.72. The van der Waals surface area contributed by atoms with Crippen LogP contribution in [0.3, 0.4) is 0 Å². The summed E-state index contributed by atoms with van der Waals surface area (Å²) >= 11 is 3.44. The summed E-state index contributed by atoms with van der Waals surface area (Å²) in [6.45, 7) is 4.37. The van der Waals surface area contributed by atoms with E-state index in [2.05, 4.69) is 45.8 Å². The van der Waals surface area contributed by atoms with Gasteiger partial charge in [-0.15, -0.1) is 12.3 Å². The first-order chi connectivity index (χ1) is 19.6. The molecule has 2 aliphatic heterocycles. The number of halogens is 1. The van der Waals surface area contributed by atoms with Gasteiger partial charge in [-0.1, -0.05) is 53.8 Å². The Hall–Kier alpha value is -3.10. The summed E-state index contributed by atoms with van der Waals surface area (Å²) in [5.74, 6) is 9.14. The molecule has 2 aromatic rings. The molecule has 2 amide bonds. The van der Waals surface area contributed by atoms with E-state index in [0.29, 0.717) is 19.3 Å². The van der Waals surface area contributed by atoms with E-state index in [1.54, 1.807) is 9.80 Å². The smallest absolute Gasteiger partial charge is 0.229 e. The molecule has 0 spiro atoms. The lowest BCUT2D eigenvalue weighted by molar-refractivity contribution is -0.122. The van der Waals surface area contributed by atoms with Crippen LogP contribution in [-0.2, 0) is 22.4 Å². The first-order valence-corrected chi connectivity index (χ1v) is 15.0. The largest absolute Gasteiger partial charge is 0.396 e. The monoisotopic (exact) mass is 622 g/mol. The zero-order valence-electron chi connectivity index (χ0n) is 24.8. The Labute approximate surface area is 254 Å². The van der Waals surface area contributed by atoms with Gasteiger partial charge in [0.2, 0.25) is 11.8 Å². The zero-order chi connectivity index (χ0) is 30.4. The minimum Gasteiger partial charge on any atom is -0.396 e. The van der Waals surface area contributed by atoms with E-state index >= 15 is 0 Å². The van der Waals surface area contributed by atoms with Crippen molar-refractivity contribution >= 4 is 39.1 Å². The second kappa shape index (κ2) is 17.7. The van der Waals surface area contributed by atoms with E-state index in [1.165, 1.54) is 11.1 Å². The van der Waals surface area contributed by atoms with Crippen molar-refractivity contribution in [3.8, 4) is 24.2 Å². The van der Waals surface area contributed by atoms with Crippen molar-refractivity contribution in [2.45, 2.75) is 65.2 Å². The highest BCUT2D eigenvalue weighted by Gasteiger charge is 2.25. The van der Waals surface area contributed by atoms with Crippen LogP contribution < -0.4 is 9.80 Å². The third-order valence-electron chi connectivity index (χ3n) is 7.22. The van der Waals surface area contributed by atoms with E-state index in [0.717, 1.165) is 53.5 Å². The van der Waals surface area contributed by atoms with E-state index < -0.39 is 0 Å². The molecule has 0 saturated carbocycles. The van der Waals surface area contributed by atoms with Crippen LogP contribution in [0.15, 0.2) is 40.9 Å². The molecule has 2 heterocycles. The van der Waals surface area contributed by atoms with Crippen molar-refractivity contribution in [2.24, 2.45) is 11.8 Å². The maximum absolute atomic E-state index is 12.2. The maximum Gasteiger partial charge on any atom is 0.229 e. The molecule has 0 aromatic heterocycles. The van der Waals surface area contributed by atoms with Crippen molar-refractivity contribution in [3.63, 3.8) is 0 Å². The molecule has 0 bridgehead atoms. The van der Waals surface area contributed by atoms with Gasteiger partial charge in [-0.2, -0.15) is 0 Å². The average molecular weight is 624 g/mol. The fourth-order valence-electron chi connectivity index (χ4n) is 4.63. The molecule has 0 unspecified atom stereocenters. The number of terminal acetylenes is 1. The van der Waals surface area contributed by atoms with Crippen LogP contribution in [0.2, 0.25) is 0 Å². The summed E-state index contributed by atoms with van der Waals surface area (Å²) < 4.78 is 1.02. The molecule has 2 atom stereocenters. The molecule has 0 fully saturated rings. The number of carbonyl (C=O) groups excluding carboxylic acids is 2. The number of carbonyl (C=O) groups is 2. The summed E-state index contributed by atoms with van der Waals surface area (Å²) in [4.78, 5) is 27.6. The number of nitrogens with zero attached hydrogens (tertiary/aromatic N) is 2. The zero-order valence-corrected chi connectivity index (χ0v) is 26.3. The number of benzene rings is 2. The molecule has 0 saturated heterocycles. The van der Waals surface area contributed by atoms with Gasteiger partial charge in [-0.25, -0.2) is 0 Å². The number of fused-ring (bicyclic) bond motifs is 2. The van der Waals surface area contributed by atoms with Gasteiger partial charge in [0.15, 0.2) is 0 Å². The highest BCUT2D eigenvalue weighted by atomic mass is 79.9. The maximum atomic E-state index is 12.2. The van der Waals surface area contributed by atoms with Gasteiger partial charge >= 0.3 is 0 Å². The number of hydrogen-bond acceptors (Lipinski definition) is 4. The molecule has 220 valence electrons. The topological polar surface area (TPSA) is 81.1 Å². The summed E-state index contributed by atoms with van der Waals surface area (Å²) in [6, 6.07) is 12.2. The molecule has 2 N–H and O–H groups in total. The molecule has 2 aliphatic rings. The minimum absolute atomic E-state index is 0.0755. The normalized spacial score (nSPS) is 17.6. The minimum atomic E-state index is 0.0755. The van der Waals surface area contributed by atoms with E-state index in [4.69, 9.17) is 16.6 Å². The van der Waals surface area contributed by atoms with Crippen molar-refractivity contribution in [3.05, 3.63) is 57.6 Å². The fraction of sp³-hybridized carbons (Fsp3) is 0.471. The second-order valence-corrected chi connectivity index (χ2v) is 11.4. The average Bonchev–Trinajstić information content (AvgIpc) is 3.15. The number of aliphatic hydroxyl groups is 2. The van der Waals surface area contributed by atoms with E-state index in [9.17, 15) is 9.59 Å². The van der Waals surface area contributed by atoms with Crippen LogP contribution in [0.4, 0.5) is 11.4 Å². The number of aryl methyl sites for hydroxylation is 2. The fourth-order valence-corrected chi connectivity index (χ4v) is 4.98. The van der Waals surface area contributed by atoms with Crippen LogP contribution in [0.5, 0.6) is 0 Å². The predicted octanol–water partition coefficient (Wildman–Crippen LogP) is 5.74. The predicted molar refractivity (Wildman–Crippen MR) is 171 cm³/mol. The first kappa shape index (κ1) is 34.1. The van der Waals surface area contributed by atoms with Gasteiger partial charge in [0.05, 0.1) is 0 Å². The van der Waals surface area contributed by atoms with Crippen molar-refractivity contribution in [2.75, 3.05) is 37.1 Å². The van der Waals surface area contributed by atoms with Crippen molar-refractivity contribution in [1.29, 1.82) is 0 Å². The summed E-state index contributed by atoms with van der Waals surface area (Å²) in [6.07, 6.45) is 11.4. The molecule has 0 radical (unpaired) electrons. The van der Waals surface area contributed by atoms with Crippen molar-refractivity contribution in [1.82, 2.24) is 0 Å². The van der Waals surface area contributed by atoms with E-state index in [-0.39, 0.29) is 36.9 Å². The van der Waals surface area contributed by atoms with Gasteiger partial charge in [-0.05, 0) is 73.9 Å². The summed E-state index contributed by atoms with van der Waals surface area (Å²) in [7, 11) is 3.70. The van der Waals surface area contributed by atoms with Crippen molar-refractivity contribution < 1.29 is 19.8 Å². The van der Waals surface area contributed by atoms with Crippen LogP contribution in [0, 0.1) is 36.0 Å². The van der Waals surface area contributed by atoms with Gasteiger partial charge in [0.25, 0.3) is 0 Å². The Morgan fingerprint density at radius 2 is 1.37 bits per heavy atom. The molecular weight excluding hydrogens is 580 g/mol. The lowest BCUT2D eigenvalue weighted by atomic mass is 10.0. The van der Waals surface area contributed by atoms with Crippen LogP contribution in [-0.4, -0.2) is 49.3 Å². The quantitative estimate of drug-likeness (QED) is 0.336. The Balaban J connectivity index is 0.000000246. The second-order valence-electron chi connectivity index (χ2n) is 10.5. The molecule has 6 nitrogen and oxygen atoms in total. The lowest BCUT2D eigenvalue weighted by Gasteiger charge is -2.19. The Morgan fingerprint density at radius 3 is 1.88 bits per heavy atom. The highest BCUT2D eigenvalue weighted by molar-refractivity contribution is 9.10. The number of amides is 2. The molecule has 7 heteroatoms.